The summed E-state index contributed by atoms with van der Waals surface area (Å²) in [6.45, 7) is 0. The van der Waals surface area contributed by atoms with Crippen LogP contribution in [0.5, 0.6) is 5.75 Å². The van der Waals surface area contributed by atoms with E-state index in [0.717, 1.165) is 0 Å². The second-order valence-corrected chi connectivity index (χ2v) is 4.30. The average Bonchev–Trinajstić information content (AvgIpc) is 2.54. The second kappa shape index (κ2) is 5.75. The highest BCUT2D eigenvalue weighted by Crippen LogP contribution is 2.31. The summed E-state index contributed by atoms with van der Waals surface area (Å²) in [6, 6.07) is 15.3. The Balaban J connectivity index is 2.54. The van der Waals surface area contributed by atoms with Gasteiger partial charge >= 0.3 is 5.97 Å². The molecule has 0 saturated heterocycles. The van der Waals surface area contributed by atoms with Crippen molar-refractivity contribution in [2.24, 2.45) is 0 Å². The van der Waals surface area contributed by atoms with E-state index in [9.17, 15) is 9.90 Å². The van der Waals surface area contributed by atoms with Gasteiger partial charge in [0.15, 0.2) is 0 Å². The third kappa shape index (κ3) is 2.38. The van der Waals surface area contributed by atoms with Crippen LogP contribution >= 0.6 is 0 Å². The van der Waals surface area contributed by atoms with Crippen molar-refractivity contribution in [2.75, 3.05) is 14.2 Å². The first-order valence-corrected chi connectivity index (χ1v) is 6.13. The summed E-state index contributed by atoms with van der Waals surface area (Å²) in [6.07, 6.45) is 0. The van der Waals surface area contributed by atoms with E-state index in [4.69, 9.17) is 9.47 Å². The van der Waals surface area contributed by atoms with Gasteiger partial charge in [0.1, 0.15) is 5.75 Å². The van der Waals surface area contributed by atoms with E-state index in [2.05, 4.69) is 0 Å². The van der Waals surface area contributed by atoms with Gasteiger partial charge in [0.05, 0.1) is 14.2 Å². The Hall–Kier alpha value is -2.33. The van der Waals surface area contributed by atoms with Crippen molar-refractivity contribution in [1.82, 2.24) is 0 Å². The van der Waals surface area contributed by atoms with E-state index in [-0.39, 0.29) is 0 Å². The van der Waals surface area contributed by atoms with Crippen LogP contribution in [0, 0.1) is 0 Å². The van der Waals surface area contributed by atoms with Crippen LogP contribution in [0.25, 0.3) is 0 Å². The predicted molar refractivity (Wildman–Crippen MR) is 74.5 cm³/mol. The van der Waals surface area contributed by atoms with E-state index < -0.39 is 11.6 Å². The number of esters is 1. The highest BCUT2D eigenvalue weighted by atomic mass is 16.5. The van der Waals surface area contributed by atoms with Gasteiger partial charge < -0.3 is 14.6 Å². The number of rotatable bonds is 4. The summed E-state index contributed by atoms with van der Waals surface area (Å²) in [4.78, 5) is 12.1. The molecule has 0 unspecified atom stereocenters. The number of methoxy groups -OCH3 is 2. The Morgan fingerprint density at radius 2 is 1.50 bits per heavy atom. The Kier molecular flexibility index (Phi) is 4.05. The second-order valence-electron chi connectivity index (χ2n) is 4.30. The van der Waals surface area contributed by atoms with Gasteiger partial charge in [0, 0.05) is 0 Å². The monoisotopic (exact) mass is 272 g/mol. The number of benzene rings is 2. The summed E-state index contributed by atoms with van der Waals surface area (Å²) < 4.78 is 9.84. The average molecular weight is 272 g/mol. The third-order valence-corrected chi connectivity index (χ3v) is 3.18. The minimum Gasteiger partial charge on any atom is -0.497 e. The van der Waals surface area contributed by atoms with Gasteiger partial charge in [0.2, 0.25) is 5.60 Å². The molecule has 0 heterocycles. The molecular weight excluding hydrogens is 256 g/mol. The number of aliphatic hydroxyl groups is 1. The SMILES string of the molecule is COC(=O)[C@@](O)(c1ccccc1)c1ccc(OC)cc1. The molecule has 0 bridgehead atoms. The molecule has 0 aliphatic carbocycles. The maximum absolute atomic E-state index is 12.1. The molecule has 0 amide bonds. The fraction of sp³-hybridized carbons (Fsp3) is 0.188. The van der Waals surface area contributed by atoms with Crippen molar-refractivity contribution in [3.63, 3.8) is 0 Å². The molecule has 0 fully saturated rings. The van der Waals surface area contributed by atoms with Crippen molar-refractivity contribution in [3.05, 3.63) is 65.7 Å². The zero-order valence-corrected chi connectivity index (χ0v) is 11.4. The number of carbonyl (C=O) groups excluding carboxylic acids is 1. The molecule has 1 N–H and O–H groups in total. The minimum absolute atomic E-state index is 0.427. The van der Waals surface area contributed by atoms with Crippen LogP contribution in [-0.2, 0) is 15.1 Å². The van der Waals surface area contributed by atoms with Gasteiger partial charge in [-0.1, -0.05) is 42.5 Å². The maximum atomic E-state index is 12.1. The molecule has 4 heteroatoms. The summed E-state index contributed by atoms with van der Waals surface area (Å²) in [5.41, 5.74) is -0.948. The molecule has 20 heavy (non-hydrogen) atoms. The molecule has 0 aromatic heterocycles. The van der Waals surface area contributed by atoms with Gasteiger partial charge in [-0.2, -0.15) is 0 Å². The highest BCUT2D eigenvalue weighted by Gasteiger charge is 2.41. The predicted octanol–water partition coefficient (Wildman–Crippen LogP) is 2.10. The molecule has 0 saturated carbocycles. The smallest absolute Gasteiger partial charge is 0.347 e. The van der Waals surface area contributed by atoms with Crippen LogP contribution in [0.2, 0.25) is 0 Å². The van der Waals surface area contributed by atoms with Crippen molar-refractivity contribution in [1.29, 1.82) is 0 Å². The fourth-order valence-corrected chi connectivity index (χ4v) is 2.06. The molecule has 1 atom stereocenters. The Morgan fingerprint density at radius 3 is 2.00 bits per heavy atom. The van der Waals surface area contributed by atoms with Gasteiger partial charge in [-0.05, 0) is 23.3 Å². The Morgan fingerprint density at radius 1 is 0.950 bits per heavy atom. The van der Waals surface area contributed by atoms with Gasteiger partial charge in [-0.25, -0.2) is 4.79 Å². The van der Waals surface area contributed by atoms with Crippen LogP contribution < -0.4 is 4.74 Å². The standard InChI is InChI=1S/C16H16O4/c1-19-14-10-8-13(9-11-14)16(18,15(17)20-2)12-6-4-3-5-7-12/h3-11,18H,1-2H3/t16-/m1/s1. The summed E-state index contributed by atoms with van der Waals surface area (Å²) in [5, 5.41) is 10.9. The van der Waals surface area contributed by atoms with E-state index in [1.807, 2.05) is 6.07 Å². The minimum atomic E-state index is -1.83. The van der Waals surface area contributed by atoms with Crippen LogP contribution in [0.4, 0.5) is 0 Å². The fourth-order valence-electron chi connectivity index (χ4n) is 2.06. The highest BCUT2D eigenvalue weighted by molar-refractivity contribution is 5.85. The molecule has 0 spiro atoms. The summed E-state index contributed by atoms with van der Waals surface area (Å²) >= 11 is 0. The normalized spacial score (nSPS) is 13.3. The van der Waals surface area contributed by atoms with Crippen molar-refractivity contribution >= 4 is 5.97 Å². The van der Waals surface area contributed by atoms with Crippen molar-refractivity contribution in [3.8, 4) is 5.75 Å². The molecule has 2 aromatic rings. The van der Waals surface area contributed by atoms with E-state index >= 15 is 0 Å². The first-order chi connectivity index (χ1) is 9.62. The molecule has 0 radical (unpaired) electrons. The number of ether oxygens (including phenoxy) is 2. The number of hydrogen-bond acceptors (Lipinski definition) is 4. The van der Waals surface area contributed by atoms with Crippen LogP contribution in [0.3, 0.4) is 0 Å². The quantitative estimate of drug-likeness (QED) is 0.866. The number of hydrogen-bond donors (Lipinski definition) is 1. The van der Waals surface area contributed by atoms with E-state index in [1.165, 1.54) is 7.11 Å². The van der Waals surface area contributed by atoms with E-state index in [0.29, 0.717) is 16.9 Å². The van der Waals surface area contributed by atoms with Gasteiger partial charge in [0.25, 0.3) is 0 Å². The lowest BCUT2D eigenvalue weighted by molar-refractivity contribution is -0.158. The zero-order chi connectivity index (χ0) is 14.6. The summed E-state index contributed by atoms with van der Waals surface area (Å²) in [7, 11) is 2.80. The zero-order valence-electron chi connectivity index (χ0n) is 11.4. The van der Waals surface area contributed by atoms with Gasteiger partial charge in [-0.3, -0.25) is 0 Å². The lowest BCUT2D eigenvalue weighted by atomic mass is 9.86. The van der Waals surface area contributed by atoms with Crippen LogP contribution in [-0.4, -0.2) is 25.3 Å². The Bertz CT molecular complexity index is 577. The molecule has 0 aliphatic rings. The van der Waals surface area contributed by atoms with Gasteiger partial charge in [-0.15, -0.1) is 0 Å². The maximum Gasteiger partial charge on any atom is 0.347 e. The molecule has 104 valence electrons. The largest absolute Gasteiger partial charge is 0.497 e. The van der Waals surface area contributed by atoms with Crippen molar-refractivity contribution < 1.29 is 19.4 Å². The topological polar surface area (TPSA) is 55.8 Å². The van der Waals surface area contributed by atoms with Crippen molar-refractivity contribution in [2.45, 2.75) is 5.60 Å². The molecule has 4 nitrogen and oxygen atoms in total. The van der Waals surface area contributed by atoms with Crippen LogP contribution in [0.15, 0.2) is 54.6 Å². The number of carbonyl (C=O) groups is 1. The lowest BCUT2D eigenvalue weighted by Gasteiger charge is -2.26. The molecule has 0 aliphatic heterocycles. The molecular formula is C16H16O4. The molecule has 2 rings (SSSR count). The first kappa shape index (κ1) is 14.1. The first-order valence-electron chi connectivity index (χ1n) is 6.13. The van der Waals surface area contributed by atoms with E-state index in [1.54, 1.807) is 55.6 Å². The van der Waals surface area contributed by atoms with Crippen LogP contribution in [0.1, 0.15) is 11.1 Å². The molecule has 2 aromatic carbocycles. The lowest BCUT2D eigenvalue weighted by Crippen LogP contribution is -2.37. The summed E-state index contributed by atoms with van der Waals surface area (Å²) in [5.74, 6) is -0.0807. The third-order valence-electron chi connectivity index (χ3n) is 3.18. The Labute approximate surface area is 117 Å².